The molecule has 1 fully saturated rings. The molecule has 0 atom stereocenters. The molecule has 2 aromatic heterocycles. The maximum absolute atomic E-state index is 13.9. The molecule has 5 nitrogen and oxygen atoms in total. The SMILES string of the molecule is CCO[C@H]1CC[C@H](n2cc(N)c(-c3nc(F)ccc3F)n2)CC1. The summed E-state index contributed by atoms with van der Waals surface area (Å²) >= 11 is 0. The molecule has 2 N–H and O–H groups in total. The zero-order valence-electron chi connectivity index (χ0n) is 13.0. The molecule has 3 rings (SSSR count). The smallest absolute Gasteiger partial charge is 0.213 e. The number of aromatic nitrogens is 3. The largest absolute Gasteiger partial charge is 0.396 e. The van der Waals surface area contributed by atoms with Crippen LogP contribution < -0.4 is 5.73 Å². The number of nitrogens with two attached hydrogens (primary N) is 1. The molecule has 124 valence electrons. The summed E-state index contributed by atoms with van der Waals surface area (Å²) in [4.78, 5) is 3.58. The van der Waals surface area contributed by atoms with Crippen molar-refractivity contribution in [1.82, 2.24) is 14.8 Å². The van der Waals surface area contributed by atoms with Crippen LogP contribution in [0, 0.1) is 11.8 Å². The van der Waals surface area contributed by atoms with Crippen LogP contribution in [0.1, 0.15) is 38.6 Å². The van der Waals surface area contributed by atoms with Gasteiger partial charge in [0.2, 0.25) is 5.95 Å². The van der Waals surface area contributed by atoms with Gasteiger partial charge in [0.15, 0.2) is 5.82 Å². The van der Waals surface area contributed by atoms with Gasteiger partial charge in [-0.1, -0.05) is 0 Å². The normalized spacial score (nSPS) is 21.5. The molecule has 1 aliphatic carbocycles. The van der Waals surface area contributed by atoms with Crippen LogP contribution >= 0.6 is 0 Å². The lowest BCUT2D eigenvalue weighted by molar-refractivity contribution is 0.0260. The van der Waals surface area contributed by atoms with E-state index in [1.807, 2.05) is 6.92 Å². The van der Waals surface area contributed by atoms with Crippen molar-refractivity contribution in [1.29, 1.82) is 0 Å². The number of hydrogen-bond acceptors (Lipinski definition) is 4. The minimum atomic E-state index is -0.757. The van der Waals surface area contributed by atoms with Crippen molar-refractivity contribution in [2.24, 2.45) is 0 Å². The number of pyridine rings is 1. The summed E-state index contributed by atoms with van der Waals surface area (Å²) in [6.07, 6.45) is 5.73. The Labute approximate surface area is 133 Å². The molecule has 0 bridgehead atoms. The first-order valence-corrected chi connectivity index (χ1v) is 7.87. The van der Waals surface area contributed by atoms with E-state index in [2.05, 4.69) is 10.1 Å². The Balaban J connectivity index is 1.80. The molecule has 7 heteroatoms. The Hall–Kier alpha value is -2.02. The van der Waals surface area contributed by atoms with Gasteiger partial charge in [0, 0.05) is 12.8 Å². The Morgan fingerprint density at radius 3 is 2.65 bits per heavy atom. The number of hydrogen-bond donors (Lipinski definition) is 1. The average molecular weight is 322 g/mol. The molecule has 0 saturated heterocycles. The highest BCUT2D eigenvalue weighted by atomic mass is 19.1. The third-order valence-electron chi connectivity index (χ3n) is 4.22. The summed E-state index contributed by atoms with van der Waals surface area (Å²) < 4.78 is 34.5. The summed E-state index contributed by atoms with van der Waals surface area (Å²) in [7, 11) is 0. The molecule has 1 aliphatic rings. The fourth-order valence-corrected chi connectivity index (χ4v) is 3.07. The summed E-state index contributed by atoms with van der Waals surface area (Å²) in [5, 5.41) is 4.36. The first kappa shape index (κ1) is 15.9. The molecule has 0 spiro atoms. The second kappa shape index (κ2) is 6.62. The van der Waals surface area contributed by atoms with E-state index in [0.717, 1.165) is 44.4 Å². The molecule has 0 aromatic carbocycles. The molecule has 2 aromatic rings. The lowest BCUT2D eigenvalue weighted by Gasteiger charge is -2.28. The van der Waals surface area contributed by atoms with E-state index in [1.54, 1.807) is 10.9 Å². The Bertz CT molecular complexity index is 681. The van der Waals surface area contributed by atoms with E-state index in [4.69, 9.17) is 10.5 Å². The van der Waals surface area contributed by atoms with Crippen molar-refractivity contribution in [3.05, 3.63) is 30.1 Å². The van der Waals surface area contributed by atoms with Gasteiger partial charge in [-0.15, -0.1) is 0 Å². The van der Waals surface area contributed by atoms with E-state index in [9.17, 15) is 8.78 Å². The Kier molecular flexibility index (Phi) is 4.56. The summed E-state index contributed by atoms with van der Waals surface area (Å²) in [6.45, 7) is 2.71. The fraction of sp³-hybridized carbons (Fsp3) is 0.500. The van der Waals surface area contributed by atoms with E-state index in [-0.39, 0.29) is 17.4 Å². The quantitative estimate of drug-likeness (QED) is 0.877. The maximum Gasteiger partial charge on any atom is 0.213 e. The molecule has 0 amide bonds. The summed E-state index contributed by atoms with van der Waals surface area (Å²) in [6, 6.07) is 2.20. The molecule has 23 heavy (non-hydrogen) atoms. The van der Waals surface area contributed by atoms with Crippen LogP contribution in [-0.4, -0.2) is 27.5 Å². The first-order chi connectivity index (χ1) is 11.1. The zero-order chi connectivity index (χ0) is 16.4. The second-order valence-electron chi connectivity index (χ2n) is 5.76. The number of ether oxygens (including phenoxy) is 1. The molecular weight excluding hydrogens is 302 g/mol. The molecule has 0 aliphatic heterocycles. The maximum atomic E-state index is 13.9. The van der Waals surface area contributed by atoms with Crippen molar-refractivity contribution < 1.29 is 13.5 Å². The van der Waals surface area contributed by atoms with Gasteiger partial charge in [0.05, 0.1) is 17.8 Å². The lowest BCUT2D eigenvalue weighted by atomic mass is 9.93. The van der Waals surface area contributed by atoms with Gasteiger partial charge in [-0.25, -0.2) is 9.37 Å². The molecular formula is C16H20F2N4O. The van der Waals surface area contributed by atoms with Gasteiger partial charge in [0.1, 0.15) is 11.4 Å². The Morgan fingerprint density at radius 1 is 1.22 bits per heavy atom. The first-order valence-electron chi connectivity index (χ1n) is 7.87. The van der Waals surface area contributed by atoms with Gasteiger partial charge in [-0.3, -0.25) is 4.68 Å². The third-order valence-corrected chi connectivity index (χ3v) is 4.22. The van der Waals surface area contributed by atoms with Crippen LogP contribution in [0.25, 0.3) is 11.4 Å². The van der Waals surface area contributed by atoms with Gasteiger partial charge >= 0.3 is 0 Å². The van der Waals surface area contributed by atoms with Crippen LogP contribution in [0.5, 0.6) is 0 Å². The number of nitrogens with zero attached hydrogens (tertiary/aromatic N) is 3. The van der Waals surface area contributed by atoms with Gasteiger partial charge in [-0.05, 0) is 44.7 Å². The third kappa shape index (κ3) is 3.34. The van der Waals surface area contributed by atoms with Crippen molar-refractivity contribution in [3.63, 3.8) is 0 Å². The van der Waals surface area contributed by atoms with Crippen molar-refractivity contribution in [3.8, 4) is 11.4 Å². The molecule has 2 heterocycles. The summed E-state index contributed by atoms with van der Waals surface area (Å²) in [5.41, 5.74) is 6.28. The van der Waals surface area contributed by atoms with Gasteiger partial charge in [-0.2, -0.15) is 9.49 Å². The Morgan fingerprint density at radius 2 is 1.96 bits per heavy atom. The van der Waals surface area contributed by atoms with Crippen LogP contribution in [-0.2, 0) is 4.74 Å². The average Bonchev–Trinajstić information content (AvgIpc) is 2.92. The van der Waals surface area contributed by atoms with E-state index in [0.29, 0.717) is 11.8 Å². The van der Waals surface area contributed by atoms with E-state index >= 15 is 0 Å². The monoisotopic (exact) mass is 322 g/mol. The number of anilines is 1. The highest BCUT2D eigenvalue weighted by Crippen LogP contribution is 2.33. The topological polar surface area (TPSA) is 66.0 Å². The predicted molar refractivity (Wildman–Crippen MR) is 82.7 cm³/mol. The lowest BCUT2D eigenvalue weighted by Crippen LogP contribution is -2.24. The van der Waals surface area contributed by atoms with Crippen LogP contribution in [0.2, 0.25) is 0 Å². The van der Waals surface area contributed by atoms with Crippen molar-refractivity contribution >= 4 is 5.69 Å². The minimum absolute atomic E-state index is 0.149. The summed E-state index contributed by atoms with van der Waals surface area (Å²) in [5.74, 6) is -1.39. The van der Waals surface area contributed by atoms with Crippen LogP contribution in [0.4, 0.5) is 14.5 Å². The van der Waals surface area contributed by atoms with Crippen molar-refractivity contribution in [2.45, 2.75) is 44.8 Å². The number of halogens is 2. The van der Waals surface area contributed by atoms with Gasteiger partial charge < -0.3 is 10.5 Å². The molecule has 0 radical (unpaired) electrons. The highest BCUT2D eigenvalue weighted by Gasteiger charge is 2.25. The highest BCUT2D eigenvalue weighted by molar-refractivity contribution is 5.69. The van der Waals surface area contributed by atoms with Gasteiger partial charge in [0.25, 0.3) is 0 Å². The zero-order valence-corrected chi connectivity index (χ0v) is 13.0. The molecule has 1 saturated carbocycles. The number of nitrogen functional groups attached to an aromatic ring is 1. The number of rotatable bonds is 4. The van der Waals surface area contributed by atoms with E-state index in [1.165, 1.54) is 0 Å². The van der Waals surface area contributed by atoms with Crippen LogP contribution in [0.15, 0.2) is 18.3 Å². The van der Waals surface area contributed by atoms with E-state index < -0.39 is 11.8 Å². The second-order valence-corrected chi connectivity index (χ2v) is 5.76. The fourth-order valence-electron chi connectivity index (χ4n) is 3.07. The minimum Gasteiger partial charge on any atom is -0.396 e. The standard InChI is InChI=1S/C16H20F2N4O/c1-2-23-11-5-3-10(4-6-11)22-9-13(19)16(21-22)15-12(17)7-8-14(18)20-15/h7-11H,2-6,19H2,1H3/t10-,11-. The van der Waals surface area contributed by atoms with Crippen molar-refractivity contribution in [2.75, 3.05) is 12.3 Å². The molecule has 0 unspecified atom stereocenters. The van der Waals surface area contributed by atoms with Crippen LogP contribution in [0.3, 0.4) is 0 Å². The predicted octanol–water partition coefficient (Wildman–Crippen LogP) is 3.33.